The van der Waals surface area contributed by atoms with Gasteiger partial charge in [-0.15, -0.1) is 11.3 Å². The maximum Gasteiger partial charge on any atom is 0.258 e. The molecular weight excluding hydrogens is 459 g/mol. The third-order valence-electron chi connectivity index (χ3n) is 3.24. The minimum Gasteiger partial charge on any atom is -0.298 e. The summed E-state index contributed by atoms with van der Waals surface area (Å²) >= 11 is 8.02. The van der Waals surface area contributed by atoms with Crippen molar-refractivity contribution in [3.05, 3.63) is 79.4 Å². The molecule has 0 unspecified atom stereocenters. The lowest BCUT2D eigenvalue weighted by atomic mass is 10.1. The topological polar surface area (TPSA) is 42.0 Å². The number of nitrogens with zero attached hydrogens (tertiary/aromatic N) is 1. The summed E-state index contributed by atoms with van der Waals surface area (Å²) < 4.78 is 14.5. The van der Waals surface area contributed by atoms with Crippen LogP contribution in [0, 0.1) is 5.82 Å². The second-order valence-electron chi connectivity index (χ2n) is 5.01. The van der Waals surface area contributed by atoms with Crippen LogP contribution in [-0.4, -0.2) is 10.9 Å². The molecule has 0 aliphatic heterocycles. The van der Waals surface area contributed by atoms with E-state index in [1.165, 1.54) is 35.1 Å². The molecule has 0 fully saturated rings. The molecule has 1 heterocycles. The fourth-order valence-corrected chi connectivity index (χ4v) is 3.73. The standard InChI is InChI=1S/C17H11Br2FN2OS/c18-11-3-1-10(2-4-11)7-13-9-21-17(24-13)22-16(23)14-6-5-12(20)8-15(14)19/h1-6,8-9H,7H2,(H,21,22,23). The van der Waals surface area contributed by atoms with E-state index in [9.17, 15) is 9.18 Å². The average molecular weight is 470 g/mol. The predicted octanol–water partition coefficient (Wildman–Crippen LogP) is 5.65. The van der Waals surface area contributed by atoms with E-state index in [1.807, 2.05) is 24.3 Å². The number of amides is 1. The Bertz CT molecular complexity index is 881. The van der Waals surface area contributed by atoms with Gasteiger partial charge in [-0.05, 0) is 51.8 Å². The zero-order chi connectivity index (χ0) is 17.1. The first-order valence-corrected chi connectivity index (χ1v) is 9.37. The number of hydrogen-bond acceptors (Lipinski definition) is 3. The van der Waals surface area contributed by atoms with Gasteiger partial charge in [0.1, 0.15) is 5.82 Å². The Morgan fingerprint density at radius 3 is 2.62 bits per heavy atom. The molecule has 0 saturated carbocycles. The van der Waals surface area contributed by atoms with Crippen molar-refractivity contribution >= 4 is 54.2 Å². The second-order valence-corrected chi connectivity index (χ2v) is 7.90. The third-order valence-corrected chi connectivity index (χ3v) is 5.34. The molecule has 1 amide bonds. The van der Waals surface area contributed by atoms with E-state index in [0.29, 0.717) is 15.2 Å². The Hall–Kier alpha value is -1.57. The lowest BCUT2D eigenvalue weighted by molar-refractivity contribution is 0.102. The predicted molar refractivity (Wildman–Crippen MR) is 101 cm³/mol. The maximum absolute atomic E-state index is 13.1. The highest BCUT2D eigenvalue weighted by atomic mass is 79.9. The lowest BCUT2D eigenvalue weighted by Crippen LogP contribution is -2.12. The number of carbonyl (C=O) groups is 1. The number of carbonyl (C=O) groups excluding carboxylic acids is 1. The average Bonchev–Trinajstić information content (AvgIpc) is 2.96. The first-order chi connectivity index (χ1) is 11.5. The molecule has 122 valence electrons. The van der Waals surface area contributed by atoms with Crippen molar-refractivity contribution in [3.8, 4) is 0 Å². The van der Waals surface area contributed by atoms with Crippen LogP contribution in [0.5, 0.6) is 0 Å². The molecule has 2 aromatic carbocycles. The van der Waals surface area contributed by atoms with Crippen LogP contribution in [0.2, 0.25) is 0 Å². The number of benzene rings is 2. The smallest absolute Gasteiger partial charge is 0.258 e. The Labute approximate surface area is 159 Å². The summed E-state index contributed by atoms with van der Waals surface area (Å²) in [6.45, 7) is 0. The minimum atomic E-state index is -0.399. The summed E-state index contributed by atoms with van der Waals surface area (Å²) in [4.78, 5) is 17.5. The molecule has 0 aliphatic carbocycles. The van der Waals surface area contributed by atoms with Crippen molar-refractivity contribution < 1.29 is 9.18 Å². The van der Waals surface area contributed by atoms with E-state index in [0.717, 1.165) is 15.8 Å². The number of hydrogen-bond donors (Lipinski definition) is 1. The number of nitrogens with one attached hydrogen (secondary N) is 1. The van der Waals surface area contributed by atoms with Gasteiger partial charge in [0.15, 0.2) is 5.13 Å². The van der Waals surface area contributed by atoms with Crippen molar-refractivity contribution in [2.75, 3.05) is 5.32 Å². The molecule has 3 rings (SSSR count). The van der Waals surface area contributed by atoms with E-state index in [-0.39, 0.29) is 5.91 Å². The van der Waals surface area contributed by atoms with Crippen LogP contribution in [-0.2, 0) is 6.42 Å². The fraction of sp³-hybridized carbons (Fsp3) is 0.0588. The number of aromatic nitrogens is 1. The first kappa shape index (κ1) is 17.3. The molecule has 1 aromatic heterocycles. The highest BCUT2D eigenvalue weighted by Gasteiger charge is 2.13. The van der Waals surface area contributed by atoms with Crippen LogP contribution < -0.4 is 5.32 Å². The van der Waals surface area contributed by atoms with Gasteiger partial charge < -0.3 is 0 Å². The molecule has 0 aliphatic rings. The molecule has 0 spiro atoms. The normalized spacial score (nSPS) is 10.6. The highest BCUT2D eigenvalue weighted by molar-refractivity contribution is 9.10. The summed E-state index contributed by atoms with van der Waals surface area (Å²) in [5.41, 5.74) is 1.53. The third kappa shape index (κ3) is 4.28. The SMILES string of the molecule is O=C(Nc1ncc(Cc2ccc(Br)cc2)s1)c1ccc(F)cc1Br. The lowest BCUT2D eigenvalue weighted by Gasteiger charge is -2.04. The van der Waals surface area contributed by atoms with E-state index in [2.05, 4.69) is 42.2 Å². The second kappa shape index (κ2) is 7.55. The first-order valence-electron chi connectivity index (χ1n) is 6.97. The Balaban J connectivity index is 1.69. The van der Waals surface area contributed by atoms with Gasteiger partial charge in [-0.25, -0.2) is 9.37 Å². The Morgan fingerprint density at radius 2 is 1.92 bits per heavy atom. The highest BCUT2D eigenvalue weighted by Crippen LogP contribution is 2.24. The summed E-state index contributed by atoms with van der Waals surface area (Å²) in [6.07, 6.45) is 2.50. The van der Waals surface area contributed by atoms with Gasteiger partial charge in [-0.2, -0.15) is 0 Å². The quantitative estimate of drug-likeness (QED) is 0.536. The van der Waals surface area contributed by atoms with Crippen LogP contribution in [0.25, 0.3) is 0 Å². The van der Waals surface area contributed by atoms with E-state index in [1.54, 1.807) is 6.20 Å². The monoisotopic (exact) mass is 468 g/mol. The molecule has 3 aromatic rings. The number of thiazole rings is 1. The number of rotatable bonds is 4. The van der Waals surface area contributed by atoms with Crippen LogP contribution in [0.3, 0.4) is 0 Å². The summed E-state index contributed by atoms with van der Waals surface area (Å²) in [5, 5.41) is 3.26. The van der Waals surface area contributed by atoms with Gasteiger partial charge in [-0.1, -0.05) is 28.1 Å². The van der Waals surface area contributed by atoms with Gasteiger partial charge in [0.05, 0.1) is 5.56 Å². The van der Waals surface area contributed by atoms with Crippen molar-refractivity contribution in [3.63, 3.8) is 0 Å². The fourth-order valence-electron chi connectivity index (χ4n) is 2.09. The van der Waals surface area contributed by atoms with Gasteiger partial charge in [0.2, 0.25) is 0 Å². The van der Waals surface area contributed by atoms with Crippen LogP contribution in [0.4, 0.5) is 9.52 Å². The van der Waals surface area contributed by atoms with Crippen LogP contribution in [0.1, 0.15) is 20.8 Å². The van der Waals surface area contributed by atoms with Gasteiger partial charge in [0.25, 0.3) is 5.91 Å². The van der Waals surface area contributed by atoms with Crippen LogP contribution in [0.15, 0.2) is 57.6 Å². The van der Waals surface area contributed by atoms with Gasteiger partial charge >= 0.3 is 0 Å². The van der Waals surface area contributed by atoms with Crippen molar-refractivity contribution in [2.45, 2.75) is 6.42 Å². The molecule has 0 saturated heterocycles. The van der Waals surface area contributed by atoms with Crippen molar-refractivity contribution in [2.24, 2.45) is 0 Å². The summed E-state index contributed by atoms with van der Waals surface area (Å²) in [7, 11) is 0. The summed E-state index contributed by atoms with van der Waals surface area (Å²) in [6, 6.07) is 12.0. The van der Waals surface area contributed by atoms with Gasteiger partial charge in [-0.3, -0.25) is 10.1 Å². The molecule has 0 atom stereocenters. The molecule has 0 bridgehead atoms. The molecular formula is C17H11Br2FN2OS. The number of halogens is 3. The maximum atomic E-state index is 13.1. The van der Waals surface area contributed by atoms with Gasteiger partial charge in [0, 0.05) is 26.4 Å². The zero-order valence-electron chi connectivity index (χ0n) is 12.2. The Morgan fingerprint density at radius 1 is 1.17 bits per heavy atom. The minimum absolute atomic E-state index is 0.327. The van der Waals surface area contributed by atoms with E-state index >= 15 is 0 Å². The summed E-state index contributed by atoms with van der Waals surface area (Å²) in [5.74, 6) is -0.726. The van der Waals surface area contributed by atoms with Crippen molar-refractivity contribution in [1.29, 1.82) is 0 Å². The molecule has 1 N–H and O–H groups in total. The van der Waals surface area contributed by atoms with Crippen molar-refractivity contribution in [1.82, 2.24) is 4.98 Å². The molecule has 3 nitrogen and oxygen atoms in total. The molecule has 24 heavy (non-hydrogen) atoms. The molecule has 7 heteroatoms. The van der Waals surface area contributed by atoms with Crippen LogP contribution >= 0.6 is 43.2 Å². The largest absolute Gasteiger partial charge is 0.298 e. The molecule has 0 radical (unpaired) electrons. The Kier molecular flexibility index (Phi) is 5.43. The zero-order valence-corrected chi connectivity index (χ0v) is 16.2. The van der Waals surface area contributed by atoms with E-state index in [4.69, 9.17) is 0 Å². The van der Waals surface area contributed by atoms with E-state index < -0.39 is 5.82 Å². The number of anilines is 1.